The Kier molecular flexibility index (Phi) is 8.42. The maximum absolute atomic E-state index is 6.74. The molecule has 12 rings (SSSR count). The third kappa shape index (κ3) is 6.14. The Labute approximate surface area is 357 Å². The number of hydrogen-bond donors (Lipinski definition) is 0. The molecule has 5 heteroatoms. The van der Waals surface area contributed by atoms with Gasteiger partial charge in [0.25, 0.3) is 0 Å². The number of nitrogens with zero attached hydrogens (tertiary/aromatic N) is 4. The van der Waals surface area contributed by atoms with Crippen molar-refractivity contribution in [3.8, 4) is 73.2 Å². The maximum atomic E-state index is 6.74. The second kappa shape index (κ2) is 14.7. The van der Waals surface area contributed by atoms with Gasteiger partial charge in [0.05, 0.1) is 11.0 Å². The van der Waals surface area contributed by atoms with Gasteiger partial charge in [0.1, 0.15) is 5.58 Å². The van der Waals surface area contributed by atoms with Crippen molar-refractivity contribution in [2.75, 3.05) is 0 Å². The third-order valence-corrected chi connectivity index (χ3v) is 11.9. The quantitative estimate of drug-likeness (QED) is 0.161. The van der Waals surface area contributed by atoms with Gasteiger partial charge >= 0.3 is 0 Å². The van der Waals surface area contributed by atoms with Gasteiger partial charge in [-0.3, -0.25) is 0 Å². The van der Waals surface area contributed by atoms with E-state index in [4.69, 9.17) is 19.4 Å². The Bertz CT molecular complexity index is 3510. The van der Waals surface area contributed by atoms with Crippen LogP contribution in [0.5, 0.6) is 0 Å². The van der Waals surface area contributed by atoms with Crippen LogP contribution in [-0.4, -0.2) is 19.5 Å². The molecule has 3 heterocycles. The number of para-hydroxylation sites is 2. The summed E-state index contributed by atoms with van der Waals surface area (Å²) in [6, 6.07) is 76.2. The summed E-state index contributed by atoms with van der Waals surface area (Å²) >= 11 is 0. The van der Waals surface area contributed by atoms with Crippen molar-refractivity contribution in [2.24, 2.45) is 0 Å². The molecule has 9 aromatic carbocycles. The summed E-state index contributed by atoms with van der Waals surface area (Å²) in [6.45, 7) is 0. The summed E-state index contributed by atoms with van der Waals surface area (Å²) in [4.78, 5) is 15.3. The first-order valence-electron chi connectivity index (χ1n) is 20.8. The molecule has 0 atom stereocenters. The van der Waals surface area contributed by atoms with Crippen LogP contribution in [0.2, 0.25) is 0 Å². The van der Waals surface area contributed by atoms with Gasteiger partial charge in [0.15, 0.2) is 23.1 Å². The van der Waals surface area contributed by atoms with E-state index in [0.717, 1.165) is 88.7 Å². The average Bonchev–Trinajstić information content (AvgIpc) is 3.90. The zero-order valence-electron chi connectivity index (χ0n) is 33.5. The predicted octanol–water partition coefficient (Wildman–Crippen LogP) is 14.9. The normalized spacial score (nSPS) is 11.5. The van der Waals surface area contributed by atoms with Crippen LogP contribution in [-0.2, 0) is 0 Å². The van der Waals surface area contributed by atoms with Crippen molar-refractivity contribution < 1.29 is 4.42 Å². The first kappa shape index (κ1) is 35.5. The Balaban J connectivity index is 0.952. The lowest BCUT2D eigenvalue weighted by Crippen LogP contribution is -2.00. The molecule has 0 aliphatic rings. The highest BCUT2D eigenvalue weighted by molar-refractivity contribution is 6.21. The molecule has 0 spiro atoms. The van der Waals surface area contributed by atoms with Gasteiger partial charge in [-0.15, -0.1) is 0 Å². The van der Waals surface area contributed by atoms with E-state index < -0.39 is 0 Å². The first-order chi connectivity index (χ1) is 30.7. The van der Waals surface area contributed by atoms with Gasteiger partial charge in [0, 0.05) is 43.9 Å². The maximum Gasteiger partial charge on any atom is 0.164 e. The van der Waals surface area contributed by atoms with Crippen LogP contribution >= 0.6 is 0 Å². The number of fused-ring (bicyclic) bond motifs is 7. The van der Waals surface area contributed by atoms with Crippen molar-refractivity contribution in [3.63, 3.8) is 0 Å². The van der Waals surface area contributed by atoms with Crippen LogP contribution in [0, 0.1) is 0 Å². The molecule has 12 aromatic rings. The van der Waals surface area contributed by atoms with Gasteiger partial charge in [-0.1, -0.05) is 170 Å². The molecule has 0 N–H and O–H groups in total. The summed E-state index contributed by atoms with van der Waals surface area (Å²) in [5.41, 5.74) is 14.5. The molecular formula is C57H36N4O. The number of aromatic nitrogens is 4. The lowest BCUT2D eigenvalue weighted by Gasteiger charge is -2.11. The molecule has 62 heavy (non-hydrogen) atoms. The fourth-order valence-corrected chi connectivity index (χ4v) is 8.82. The van der Waals surface area contributed by atoms with E-state index in [-0.39, 0.29) is 0 Å². The van der Waals surface area contributed by atoms with Crippen LogP contribution in [0.4, 0.5) is 0 Å². The van der Waals surface area contributed by atoms with Crippen LogP contribution < -0.4 is 0 Å². The Morgan fingerprint density at radius 1 is 0.306 bits per heavy atom. The zero-order valence-corrected chi connectivity index (χ0v) is 33.5. The Morgan fingerprint density at radius 2 is 0.774 bits per heavy atom. The largest absolute Gasteiger partial charge is 0.454 e. The Hall–Kier alpha value is -8.41. The summed E-state index contributed by atoms with van der Waals surface area (Å²) in [5, 5.41) is 4.54. The minimum absolute atomic E-state index is 0.612. The van der Waals surface area contributed by atoms with Crippen LogP contribution in [0.15, 0.2) is 223 Å². The number of furan rings is 1. The second-order valence-electron chi connectivity index (χ2n) is 15.6. The van der Waals surface area contributed by atoms with Crippen molar-refractivity contribution >= 4 is 43.7 Å². The second-order valence-corrected chi connectivity index (χ2v) is 15.6. The molecule has 3 aromatic heterocycles. The first-order valence-corrected chi connectivity index (χ1v) is 20.8. The lowest BCUT2D eigenvalue weighted by molar-refractivity contribution is 0.671. The summed E-state index contributed by atoms with van der Waals surface area (Å²) in [5.74, 6) is 1.85. The van der Waals surface area contributed by atoms with Gasteiger partial charge in [-0.25, -0.2) is 15.0 Å². The smallest absolute Gasteiger partial charge is 0.164 e. The number of rotatable bonds is 7. The summed E-state index contributed by atoms with van der Waals surface area (Å²) in [6.07, 6.45) is 0. The molecule has 0 amide bonds. The molecule has 0 unspecified atom stereocenters. The standard InChI is InChI=1S/C57H36N4O/c1-4-14-37(15-5-1)41-18-12-20-44(34-41)56-58-55(59-57(60-56)45-21-13-19-42(35-45)38-16-6-2-7-17-38)40-28-26-39(27-29-40)43-30-33-52-50(36-43)49-32-31-48-47-24-10-11-25-51(47)61(53(48)54(49)62-52)46-22-8-3-9-23-46/h1-36H. The molecule has 0 saturated carbocycles. The van der Waals surface area contributed by atoms with E-state index in [1.807, 2.05) is 12.1 Å². The van der Waals surface area contributed by atoms with Crippen molar-refractivity contribution in [2.45, 2.75) is 0 Å². The lowest BCUT2D eigenvalue weighted by atomic mass is 10.0. The molecule has 0 fully saturated rings. The average molecular weight is 793 g/mol. The summed E-state index contributed by atoms with van der Waals surface area (Å²) in [7, 11) is 0. The van der Waals surface area contributed by atoms with Crippen molar-refractivity contribution in [1.82, 2.24) is 19.5 Å². The van der Waals surface area contributed by atoms with Crippen molar-refractivity contribution in [3.05, 3.63) is 218 Å². The summed E-state index contributed by atoms with van der Waals surface area (Å²) < 4.78 is 9.07. The van der Waals surface area contributed by atoms with E-state index in [0.29, 0.717) is 17.5 Å². The van der Waals surface area contributed by atoms with Crippen molar-refractivity contribution in [1.29, 1.82) is 0 Å². The van der Waals surface area contributed by atoms with Gasteiger partial charge < -0.3 is 8.98 Å². The number of hydrogen-bond acceptors (Lipinski definition) is 4. The molecule has 0 radical (unpaired) electrons. The highest BCUT2D eigenvalue weighted by atomic mass is 16.3. The molecule has 0 aliphatic heterocycles. The number of benzene rings is 9. The van der Waals surface area contributed by atoms with Gasteiger partial charge in [-0.2, -0.15) is 0 Å². The fourth-order valence-electron chi connectivity index (χ4n) is 8.82. The fraction of sp³-hybridized carbons (Fsp3) is 0. The molecule has 290 valence electrons. The van der Waals surface area contributed by atoms with E-state index in [1.165, 1.54) is 10.8 Å². The highest BCUT2D eigenvalue weighted by Crippen LogP contribution is 2.41. The SMILES string of the molecule is c1ccc(-c2cccc(-c3nc(-c4ccc(-c5ccc6oc7c(ccc8c9ccccc9n(-c9ccccc9)c87)c6c5)cc4)nc(-c4cccc(-c5ccccc5)c4)n3)c2)cc1. The Morgan fingerprint density at radius 3 is 1.42 bits per heavy atom. The predicted molar refractivity (Wildman–Crippen MR) is 254 cm³/mol. The highest BCUT2D eigenvalue weighted by Gasteiger charge is 2.20. The molecule has 5 nitrogen and oxygen atoms in total. The third-order valence-electron chi connectivity index (χ3n) is 11.9. The van der Waals surface area contributed by atoms with Crippen LogP contribution in [0.3, 0.4) is 0 Å². The minimum atomic E-state index is 0.612. The van der Waals surface area contributed by atoms with E-state index in [9.17, 15) is 0 Å². The topological polar surface area (TPSA) is 56.7 Å². The van der Waals surface area contributed by atoms with E-state index in [2.05, 4.69) is 211 Å². The van der Waals surface area contributed by atoms with Crippen LogP contribution in [0.1, 0.15) is 0 Å². The minimum Gasteiger partial charge on any atom is -0.454 e. The molecular weight excluding hydrogens is 757 g/mol. The van der Waals surface area contributed by atoms with Gasteiger partial charge in [0.2, 0.25) is 0 Å². The van der Waals surface area contributed by atoms with Gasteiger partial charge in [-0.05, 0) is 81.9 Å². The van der Waals surface area contributed by atoms with E-state index >= 15 is 0 Å². The molecule has 0 bridgehead atoms. The van der Waals surface area contributed by atoms with Crippen LogP contribution in [0.25, 0.3) is 117 Å². The zero-order chi connectivity index (χ0) is 41.0. The van der Waals surface area contributed by atoms with E-state index in [1.54, 1.807) is 0 Å². The molecule has 0 saturated heterocycles. The monoisotopic (exact) mass is 792 g/mol. The molecule has 0 aliphatic carbocycles.